The number of rotatable bonds is 3. The van der Waals surface area contributed by atoms with Gasteiger partial charge in [-0.2, -0.15) is 10.2 Å². The fraction of sp³-hybridized carbons (Fsp3) is 0.333. The van der Waals surface area contributed by atoms with E-state index in [1.54, 1.807) is 12.1 Å². The molecule has 1 fully saturated rings. The Labute approximate surface area is 112 Å². The summed E-state index contributed by atoms with van der Waals surface area (Å²) in [6.45, 7) is 5.41. The summed E-state index contributed by atoms with van der Waals surface area (Å²) in [6, 6.07) is 11.2. The molecular weight excluding hydrogens is 238 g/mol. The number of hydrogen-bond acceptors (Lipinski definition) is 4. The third-order valence-corrected chi connectivity index (χ3v) is 3.69. The number of likely N-dealkylation sites (tertiary alicyclic amines) is 1. The molecule has 19 heavy (non-hydrogen) atoms. The molecule has 0 spiro atoms. The van der Waals surface area contributed by atoms with Crippen LogP contribution in [0.2, 0.25) is 0 Å². The molecule has 0 atom stereocenters. The lowest BCUT2D eigenvalue weighted by Crippen LogP contribution is -2.44. The lowest BCUT2D eigenvalue weighted by atomic mass is 9.96. The SMILES string of the molecule is CCN1CC(c2ccc(-c3ccccc3O)nn2)C1. The van der Waals surface area contributed by atoms with Crippen LogP contribution in [0.5, 0.6) is 5.75 Å². The molecule has 3 rings (SSSR count). The molecule has 1 aromatic carbocycles. The van der Waals surface area contributed by atoms with Gasteiger partial charge in [0.1, 0.15) is 5.75 Å². The number of nitrogens with zero attached hydrogens (tertiary/aromatic N) is 3. The van der Waals surface area contributed by atoms with Crippen molar-refractivity contribution >= 4 is 0 Å². The van der Waals surface area contributed by atoms with Crippen molar-refractivity contribution in [3.05, 3.63) is 42.1 Å². The highest BCUT2D eigenvalue weighted by Gasteiger charge is 2.27. The van der Waals surface area contributed by atoms with E-state index >= 15 is 0 Å². The van der Waals surface area contributed by atoms with Crippen LogP contribution in [0, 0.1) is 0 Å². The predicted octanol–water partition coefficient (Wildman–Crippen LogP) is 2.27. The predicted molar refractivity (Wildman–Crippen MR) is 74.0 cm³/mol. The molecule has 1 N–H and O–H groups in total. The molecule has 4 heteroatoms. The van der Waals surface area contributed by atoms with Crippen LogP contribution in [0.3, 0.4) is 0 Å². The number of aromatic nitrogens is 2. The Bertz CT molecular complexity index is 562. The first-order valence-corrected chi connectivity index (χ1v) is 6.62. The molecule has 0 saturated carbocycles. The number of phenols is 1. The van der Waals surface area contributed by atoms with Gasteiger partial charge in [-0.1, -0.05) is 19.1 Å². The number of para-hydroxylation sites is 1. The summed E-state index contributed by atoms with van der Waals surface area (Å²) in [5.74, 6) is 0.747. The van der Waals surface area contributed by atoms with E-state index in [1.165, 1.54) is 0 Å². The largest absolute Gasteiger partial charge is 0.507 e. The normalized spacial score (nSPS) is 16.3. The van der Waals surface area contributed by atoms with Gasteiger partial charge in [-0.3, -0.25) is 0 Å². The van der Waals surface area contributed by atoms with Gasteiger partial charge in [0.2, 0.25) is 0 Å². The highest BCUT2D eigenvalue weighted by atomic mass is 16.3. The average Bonchev–Trinajstić information content (AvgIpc) is 2.39. The standard InChI is InChI=1S/C15H17N3O/c1-2-18-9-11(10-18)13-7-8-14(17-16-13)12-5-3-4-6-15(12)19/h3-8,11,19H,2,9-10H2,1H3. The first-order valence-electron chi connectivity index (χ1n) is 6.62. The second kappa shape index (κ2) is 4.97. The fourth-order valence-corrected chi connectivity index (χ4v) is 2.41. The monoisotopic (exact) mass is 255 g/mol. The third kappa shape index (κ3) is 2.31. The molecule has 1 aliphatic rings. The van der Waals surface area contributed by atoms with Crippen LogP contribution in [-0.4, -0.2) is 39.8 Å². The van der Waals surface area contributed by atoms with Crippen LogP contribution in [0.4, 0.5) is 0 Å². The lowest BCUT2D eigenvalue weighted by Gasteiger charge is -2.37. The van der Waals surface area contributed by atoms with Gasteiger partial charge >= 0.3 is 0 Å². The Hall–Kier alpha value is -1.94. The zero-order valence-corrected chi connectivity index (χ0v) is 11.0. The van der Waals surface area contributed by atoms with Crippen molar-refractivity contribution in [3.8, 4) is 17.0 Å². The summed E-state index contributed by atoms with van der Waals surface area (Å²) in [5, 5.41) is 18.3. The van der Waals surface area contributed by atoms with Crippen LogP contribution >= 0.6 is 0 Å². The van der Waals surface area contributed by atoms with Crippen molar-refractivity contribution in [1.29, 1.82) is 0 Å². The Morgan fingerprint density at radius 2 is 1.95 bits per heavy atom. The van der Waals surface area contributed by atoms with Crippen molar-refractivity contribution in [3.63, 3.8) is 0 Å². The van der Waals surface area contributed by atoms with Gasteiger partial charge < -0.3 is 10.0 Å². The van der Waals surface area contributed by atoms with E-state index in [2.05, 4.69) is 22.0 Å². The summed E-state index contributed by atoms with van der Waals surface area (Å²) in [5.41, 5.74) is 2.49. The fourth-order valence-electron chi connectivity index (χ4n) is 2.41. The minimum absolute atomic E-state index is 0.241. The van der Waals surface area contributed by atoms with Crippen LogP contribution in [-0.2, 0) is 0 Å². The number of hydrogen-bond donors (Lipinski definition) is 1. The maximum Gasteiger partial charge on any atom is 0.125 e. The Morgan fingerprint density at radius 1 is 1.16 bits per heavy atom. The van der Waals surface area contributed by atoms with Crippen LogP contribution in [0.1, 0.15) is 18.5 Å². The summed E-state index contributed by atoms with van der Waals surface area (Å²) in [6.07, 6.45) is 0. The molecule has 4 nitrogen and oxygen atoms in total. The molecule has 98 valence electrons. The third-order valence-electron chi connectivity index (χ3n) is 3.69. The van der Waals surface area contributed by atoms with Gasteiger partial charge in [0.25, 0.3) is 0 Å². The summed E-state index contributed by atoms with van der Waals surface area (Å²) in [7, 11) is 0. The smallest absolute Gasteiger partial charge is 0.125 e. The Balaban J connectivity index is 1.78. The highest BCUT2D eigenvalue weighted by Crippen LogP contribution is 2.29. The molecule has 0 unspecified atom stereocenters. The average molecular weight is 255 g/mol. The number of benzene rings is 1. The van der Waals surface area contributed by atoms with E-state index in [0.717, 1.165) is 30.9 Å². The quantitative estimate of drug-likeness (QED) is 0.914. The first kappa shape index (κ1) is 12.1. The molecular formula is C15H17N3O. The van der Waals surface area contributed by atoms with E-state index < -0.39 is 0 Å². The van der Waals surface area contributed by atoms with Crippen molar-refractivity contribution in [2.24, 2.45) is 0 Å². The maximum atomic E-state index is 9.79. The summed E-state index contributed by atoms with van der Waals surface area (Å²) in [4.78, 5) is 2.38. The Kier molecular flexibility index (Phi) is 3.17. The lowest BCUT2D eigenvalue weighted by molar-refractivity contribution is 0.154. The van der Waals surface area contributed by atoms with E-state index in [0.29, 0.717) is 11.6 Å². The van der Waals surface area contributed by atoms with Gasteiger partial charge in [0, 0.05) is 24.6 Å². The van der Waals surface area contributed by atoms with Crippen LogP contribution < -0.4 is 0 Å². The van der Waals surface area contributed by atoms with Crippen molar-refractivity contribution in [2.75, 3.05) is 19.6 Å². The molecule has 2 aromatic rings. The van der Waals surface area contributed by atoms with Gasteiger partial charge in [0.15, 0.2) is 0 Å². The van der Waals surface area contributed by atoms with E-state index in [-0.39, 0.29) is 5.75 Å². The number of aromatic hydroxyl groups is 1. The van der Waals surface area contributed by atoms with Crippen LogP contribution in [0.25, 0.3) is 11.3 Å². The summed E-state index contributed by atoms with van der Waals surface area (Å²) >= 11 is 0. The second-order valence-corrected chi connectivity index (χ2v) is 4.91. The van der Waals surface area contributed by atoms with Crippen molar-refractivity contribution in [1.82, 2.24) is 15.1 Å². The van der Waals surface area contributed by atoms with E-state index in [4.69, 9.17) is 0 Å². The first-order chi connectivity index (χ1) is 9.28. The molecule has 1 aromatic heterocycles. The van der Waals surface area contributed by atoms with Crippen molar-refractivity contribution in [2.45, 2.75) is 12.8 Å². The van der Waals surface area contributed by atoms with Crippen molar-refractivity contribution < 1.29 is 5.11 Å². The molecule has 1 aliphatic heterocycles. The van der Waals surface area contributed by atoms with Gasteiger partial charge in [-0.15, -0.1) is 0 Å². The molecule has 0 radical (unpaired) electrons. The number of likely N-dealkylation sites (N-methyl/N-ethyl adjacent to an activating group) is 1. The Morgan fingerprint density at radius 3 is 2.58 bits per heavy atom. The summed E-state index contributed by atoms with van der Waals surface area (Å²) < 4.78 is 0. The topological polar surface area (TPSA) is 49.2 Å². The minimum Gasteiger partial charge on any atom is -0.507 e. The van der Waals surface area contributed by atoms with Gasteiger partial charge in [-0.25, -0.2) is 0 Å². The van der Waals surface area contributed by atoms with E-state index in [9.17, 15) is 5.11 Å². The van der Waals surface area contributed by atoms with E-state index in [1.807, 2.05) is 24.3 Å². The highest BCUT2D eigenvalue weighted by molar-refractivity contribution is 5.65. The molecule has 1 saturated heterocycles. The molecule has 2 heterocycles. The molecule has 0 bridgehead atoms. The van der Waals surface area contributed by atoms with Gasteiger partial charge in [0.05, 0.1) is 11.4 Å². The maximum absolute atomic E-state index is 9.79. The zero-order valence-electron chi connectivity index (χ0n) is 11.0. The van der Waals surface area contributed by atoms with Gasteiger partial charge in [-0.05, 0) is 30.8 Å². The molecule has 0 amide bonds. The second-order valence-electron chi connectivity index (χ2n) is 4.91. The zero-order chi connectivity index (χ0) is 13.2. The number of phenolic OH excluding ortho intramolecular Hbond substituents is 1. The minimum atomic E-state index is 0.241. The molecule has 0 aliphatic carbocycles. The van der Waals surface area contributed by atoms with Crippen LogP contribution in [0.15, 0.2) is 36.4 Å².